The molecule has 3 heterocycles. The normalized spacial score (nSPS) is 13.3. The van der Waals surface area contributed by atoms with E-state index < -0.39 is 0 Å². The second kappa shape index (κ2) is 9.08. The Morgan fingerprint density at radius 3 is 2.87 bits per heavy atom. The number of amides is 2. The van der Waals surface area contributed by atoms with Gasteiger partial charge < -0.3 is 10.2 Å². The Labute approximate surface area is 173 Å². The van der Waals surface area contributed by atoms with Crippen molar-refractivity contribution in [1.29, 1.82) is 0 Å². The summed E-state index contributed by atoms with van der Waals surface area (Å²) < 4.78 is 1.41. The molecule has 1 aliphatic heterocycles. The largest absolute Gasteiger partial charge is 0.348 e. The highest BCUT2D eigenvalue weighted by Crippen LogP contribution is 2.18. The van der Waals surface area contributed by atoms with E-state index in [4.69, 9.17) is 0 Å². The summed E-state index contributed by atoms with van der Waals surface area (Å²) in [6, 6.07) is 11.6. The van der Waals surface area contributed by atoms with Gasteiger partial charge in [0.2, 0.25) is 11.8 Å². The van der Waals surface area contributed by atoms with Crippen LogP contribution in [0.25, 0.3) is 6.08 Å². The Balaban J connectivity index is 1.34. The molecule has 0 unspecified atom stereocenters. The van der Waals surface area contributed by atoms with Gasteiger partial charge in [-0.15, -0.1) is 5.10 Å². The molecule has 4 rings (SSSR count). The van der Waals surface area contributed by atoms with E-state index in [0.29, 0.717) is 26.1 Å². The van der Waals surface area contributed by atoms with Gasteiger partial charge in [-0.2, -0.15) is 0 Å². The molecule has 0 aliphatic carbocycles. The third kappa shape index (κ3) is 4.93. The molecule has 0 spiro atoms. The summed E-state index contributed by atoms with van der Waals surface area (Å²) in [5.41, 5.74) is 3.85. The van der Waals surface area contributed by atoms with Crippen LogP contribution in [0.4, 0.5) is 0 Å². The summed E-state index contributed by atoms with van der Waals surface area (Å²) in [4.78, 5) is 30.9. The van der Waals surface area contributed by atoms with Gasteiger partial charge in [0.25, 0.3) is 0 Å². The predicted octanol–water partition coefficient (Wildman–Crippen LogP) is 0.983. The molecule has 0 bridgehead atoms. The minimum absolute atomic E-state index is 0.0438. The Bertz CT molecular complexity index is 1050. The molecule has 2 aromatic heterocycles. The molecule has 1 N–H and O–H groups in total. The topological polar surface area (TPSA) is 106 Å². The molecule has 152 valence electrons. The molecule has 30 heavy (non-hydrogen) atoms. The minimum Gasteiger partial charge on any atom is -0.348 e. The van der Waals surface area contributed by atoms with Gasteiger partial charge in [0.05, 0.1) is 0 Å². The van der Waals surface area contributed by atoms with Crippen molar-refractivity contribution in [3.05, 3.63) is 77.4 Å². The molecule has 2 amide bonds. The van der Waals surface area contributed by atoms with Gasteiger partial charge in [-0.1, -0.05) is 30.3 Å². The summed E-state index contributed by atoms with van der Waals surface area (Å²) >= 11 is 0. The Morgan fingerprint density at radius 2 is 2.07 bits per heavy atom. The highest BCUT2D eigenvalue weighted by atomic mass is 16.2. The maximum Gasteiger partial charge on any atom is 0.244 e. The van der Waals surface area contributed by atoms with Crippen LogP contribution in [0, 0.1) is 0 Å². The lowest BCUT2D eigenvalue weighted by molar-refractivity contribution is -0.133. The molecule has 3 aromatic rings. The van der Waals surface area contributed by atoms with Gasteiger partial charge in [-0.25, -0.2) is 4.68 Å². The van der Waals surface area contributed by atoms with Crippen molar-refractivity contribution in [2.45, 2.75) is 26.1 Å². The van der Waals surface area contributed by atoms with Gasteiger partial charge in [0, 0.05) is 44.0 Å². The molecule has 0 saturated heterocycles. The van der Waals surface area contributed by atoms with Crippen molar-refractivity contribution < 1.29 is 9.59 Å². The first-order valence-electron chi connectivity index (χ1n) is 9.63. The van der Waals surface area contributed by atoms with Crippen LogP contribution in [0.1, 0.15) is 22.4 Å². The number of hydrogen-bond donors (Lipinski definition) is 1. The number of nitrogens with zero attached hydrogens (tertiary/aromatic N) is 6. The number of carbonyl (C=O) groups excluding carboxylic acids is 2. The fraction of sp³-hybridized carbons (Fsp3) is 0.238. The van der Waals surface area contributed by atoms with Gasteiger partial charge in [-0.3, -0.25) is 14.6 Å². The van der Waals surface area contributed by atoms with E-state index in [1.165, 1.54) is 17.1 Å². The standard InChI is InChI=1S/C21H21N7O2/c29-20(7-6-16-4-2-1-3-5-16)23-12-17-10-18-13-27(9-8-19(18)22-11-17)21(30)14-28-15-24-25-26-28/h1-7,10-11,15H,8-9,12-14H2,(H,23,29). The number of hydrogen-bond acceptors (Lipinski definition) is 6. The predicted molar refractivity (Wildman–Crippen MR) is 108 cm³/mol. The highest BCUT2D eigenvalue weighted by Gasteiger charge is 2.22. The lowest BCUT2D eigenvalue weighted by Gasteiger charge is -2.28. The first kappa shape index (κ1) is 19.4. The van der Waals surface area contributed by atoms with Crippen LogP contribution in [-0.2, 0) is 35.6 Å². The first-order chi connectivity index (χ1) is 14.7. The lowest BCUT2D eigenvalue weighted by Crippen LogP contribution is -2.38. The SMILES string of the molecule is O=C(C=Cc1ccccc1)NCc1cnc2c(c1)CN(C(=O)Cn1cnnn1)CC2. The zero-order chi connectivity index (χ0) is 20.8. The molecular weight excluding hydrogens is 382 g/mol. The highest BCUT2D eigenvalue weighted by molar-refractivity contribution is 5.91. The van der Waals surface area contributed by atoms with Crippen LogP contribution >= 0.6 is 0 Å². The smallest absolute Gasteiger partial charge is 0.244 e. The zero-order valence-corrected chi connectivity index (χ0v) is 16.3. The number of carbonyl (C=O) groups is 2. The number of tetrazole rings is 1. The molecule has 9 nitrogen and oxygen atoms in total. The van der Waals surface area contributed by atoms with Crippen LogP contribution in [0.15, 0.2) is 55.0 Å². The van der Waals surface area contributed by atoms with Crippen LogP contribution < -0.4 is 5.32 Å². The third-order valence-electron chi connectivity index (χ3n) is 4.83. The zero-order valence-electron chi connectivity index (χ0n) is 16.3. The molecular formula is C21H21N7O2. The van der Waals surface area contributed by atoms with Crippen molar-refractivity contribution in [2.24, 2.45) is 0 Å². The number of benzene rings is 1. The number of aromatic nitrogens is 5. The fourth-order valence-electron chi connectivity index (χ4n) is 3.26. The van der Waals surface area contributed by atoms with Gasteiger partial charge in [0.15, 0.2) is 0 Å². The van der Waals surface area contributed by atoms with Crippen molar-refractivity contribution in [3.8, 4) is 0 Å². The molecule has 1 aliphatic rings. The second-order valence-electron chi connectivity index (χ2n) is 6.98. The second-order valence-corrected chi connectivity index (χ2v) is 6.98. The summed E-state index contributed by atoms with van der Waals surface area (Å²) in [6.45, 7) is 1.58. The quantitative estimate of drug-likeness (QED) is 0.615. The first-order valence-corrected chi connectivity index (χ1v) is 9.63. The lowest BCUT2D eigenvalue weighted by atomic mass is 10.0. The van der Waals surface area contributed by atoms with Crippen molar-refractivity contribution in [3.63, 3.8) is 0 Å². The summed E-state index contributed by atoms with van der Waals surface area (Å²) in [6.07, 6.45) is 7.18. The van der Waals surface area contributed by atoms with E-state index in [1.807, 2.05) is 36.4 Å². The van der Waals surface area contributed by atoms with E-state index >= 15 is 0 Å². The maximum atomic E-state index is 12.5. The Morgan fingerprint density at radius 1 is 1.20 bits per heavy atom. The van der Waals surface area contributed by atoms with Crippen molar-refractivity contribution in [2.75, 3.05) is 6.54 Å². The van der Waals surface area contributed by atoms with E-state index in [9.17, 15) is 9.59 Å². The minimum atomic E-state index is -0.171. The van der Waals surface area contributed by atoms with Crippen molar-refractivity contribution >= 4 is 17.9 Å². The molecule has 9 heteroatoms. The summed E-state index contributed by atoms with van der Waals surface area (Å²) in [5, 5.41) is 13.7. The maximum absolute atomic E-state index is 12.5. The van der Waals surface area contributed by atoms with Gasteiger partial charge in [0.1, 0.15) is 12.9 Å². The summed E-state index contributed by atoms with van der Waals surface area (Å²) in [5.74, 6) is -0.215. The molecule has 0 atom stereocenters. The van der Waals surface area contributed by atoms with Gasteiger partial charge in [-0.05, 0) is 39.3 Å². The fourth-order valence-corrected chi connectivity index (χ4v) is 3.26. The number of nitrogens with one attached hydrogen (secondary N) is 1. The number of rotatable bonds is 6. The Kier molecular flexibility index (Phi) is 5.88. The average molecular weight is 403 g/mol. The van der Waals surface area contributed by atoms with Crippen LogP contribution in [-0.4, -0.2) is 48.5 Å². The molecule has 0 fully saturated rings. The summed E-state index contributed by atoms with van der Waals surface area (Å²) in [7, 11) is 0. The van der Waals surface area contributed by atoms with Crippen LogP contribution in [0.3, 0.4) is 0 Å². The third-order valence-corrected chi connectivity index (χ3v) is 4.83. The van der Waals surface area contributed by atoms with Crippen LogP contribution in [0.2, 0.25) is 0 Å². The number of pyridine rings is 1. The molecule has 0 saturated carbocycles. The average Bonchev–Trinajstić information content (AvgIpc) is 3.29. The molecule has 1 aromatic carbocycles. The molecule has 0 radical (unpaired) electrons. The van der Waals surface area contributed by atoms with Crippen molar-refractivity contribution in [1.82, 2.24) is 35.4 Å². The van der Waals surface area contributed by atoms with Gasteiger partial charge >= 0.3 is 0 Å². The van der Waals surface area contributed by atoms with Crippen LogP contribution in [0.5, 0.6) is 0 Å². The monoisotopic (exact) mass is 403 g/mol. The van der Waals surface area contributed by atoms with E-state index in [2.05, 4.69) is 25.8 Å². The number of fused-ring (bicyclic) bond motifs is 1. The van der Waals surface area contributed by atoms with E-state index in [0.717, 1.165) is 22.4 Å². The van der Waals surface area contributed by atoms with E-state index in [-0.39, 0.29) is 18.4 Å². The van der Waals surface area contributed by atoms with E-state index in [1.54, 1.807) is 17.2 Å². The Hall–Kier alpha value is -3.88.